The number of aromatic nitrogens is 3. The fourth-order valence-corrected chi connectivity index (χ4v) is 1.54. The summed E-state index contributed by atoms with van der Waals surface area (Å²) in [6.45, 7) is 0. The Balaban J connectivity index is 0.000000845. The molecule has 0 aliphatic heterocycles. The van der Waals surface area contributed by atoms with E-state index in [4.69, 9.17) is 0 Å². The Morgan fingerprint density at radius 2 is 2.23 bits per heavy atom. The molecule has 3 nitrogen and oxygen atoms in total. The Bertz CT molecular complexity index is 372. The van der Waals surface area contributed by atoms with Crippen LogP contribution in [0.3, 0.4) is 0 Å². The maximum atomic E-state index is 4.03. The molecule has 0 aromatic carbocycles. The Kier molecular flexibility index (Phi) is 4.10. The van der Waals surface area contributed by atoms with Crippen molar-refractivity contribution in [2.75, 3.05) is 0 Å². The van der Waals surface area contributed by atoms with Crippen LogP contribution in [-0.4, -0.2) is 9.55 Å². The number of nitrogens with one attached hydrogen (secondary N) is 1. The topological polar surface area (TPSA) is 32.0 Å². The van der Waals surface area contributed by atoms with Gasteiger partial charge < -0.3 is 24.0 Å². The predicted octanol–water partition coefficient (Wildman–Crippen LogP) is -1.70. The molecule has 0 amide bonds. The lowest BCUT2D eigenvalue weighted by Crippen LogP contribution is -3.00. The molecule has 0 radical (unpaired) electrons. The first-order valence-corrected chi connectivity index (χ1v) is 4.61. The van der Waals surface area contributed by atoms with Gasteiger partial charge in [0.2, 0.25) is 0 Å². The highest BCUT2D eigenvalue weighted by atomic mass is 127. The van der Waals surface area contributed by atoms with Gasteiger partial charge in [-0.15, -0.1) is 0 Å². The number of pyridine rings is 1. The summed E-state index contributed by atoms with van der Waals surface area (Å²) in [5, 5.41) is 0. The lowest BCUT2D eigenvalue weighted by Gasteiger charge is -1.91. The number of halogens is 2. The number of hydrogen-bond acceptors (Lipinski definition) is 1. The zero-order valence-electron chi connectivity index (χ0n) is 6.61. The van der Waals surface area contributed by atoms with Gasteiger partial charge in [-0.1, -0.05) is 6.07 Å². The normalized spacial score (nSPS) is 9.31. The number of rotatable bonds is 1. The molecular formula is C8H7I2N3. The number of H-pyrrole nitrogens is 1. The minimum Gasteiger partial charge on any atom is -1.00 e. The molecule has 0 spiro atoms. The van der Waals surface area contributed by atoms with E-state index >= 15 is 0 Å². The number of nitrogens with zero attached hydrogens (tertiary/aromatic N) is 2. The molecule has 0 aliphatic rings. The SMILES string of the molecule is Ic1cncn1-c1cccc[nH+]1.[I-]. The van der Waals surface area contributed by atoms with Gasteiger partial charge in [0.1, 0.15) is 0 Å². The van der Waals surface area contributed by atoms with Gasteiger partial charge in [0.05, 0.1) is 12.4 Å². The summed E-state index contributed by atoms with van der Waals surface area (Å²) in [4.78, 5) is 7.16. The van der Waals surface area contributed by atoms with E-state index in [-0.39, 0.29) is 24.0 Å². The largest absolute Gasteiger partial charge is 1.00 e. The highest BCUT2D eigenvalue weighted by molar-refractivity contribution is 14.1. The second kappa shape index (κ2) is 4.89. The summed E-state index contributed by atoms with van der Waals surface area (Å²) in [7, 11) is 0. The van der Waals surface area contributed by atoms with Gasteiger partial charge in [-0.2, -0.15) is 4.57 Å². The molecule has 5 heteroatoms. The Hall–Kier alpha value is -0.180. The van der Waals surface area contributed by atoms with Crippen LogP contribution in [-0.2, 0) is 0 Å². The number of aromatic amines is 1. The first kappa shape index (κ1) is 10.9. The summed E-state index contributed by atoms with van der Waals surface area (Å²) < 4.78 is 3.08. The lowest BCUT2D eigenvalue weighted by atomic mass is 10.5. The lowest BCUT2D eigenvalue weighted by molar-refractivity contribution is -0.373. The molecule has 0 unspecified atom stereocenters. The molecule has 2 aromatic rings. The fourth-order valence-electron chi connectivity index (χ4n) is 0.990. The van der Waals surface area contributed by atoms with Crippen molar-refractivity contribution < 1.29 is 29.0 Å². The van der Waals surface area contributed by atoms with Crippen LogP contribution in [0.4, 0.5) is 0 Å². The van der Waals surface area contributed by atoms with Gasteiger partial charge in [-0.3, -0.25) is 0 Å². The molecular weight excluding hydrogens is 392 g/mol. The zero-order valence-corrected chi connectivity index (χ0v) is 10.9. The standard InChI is InChI=1S/C8H6IN3.HI/c9-7-5-10-6-12(7)8-3-1-2-4-11-8;/h1-6H;1H. The van der Waals surface area contributed by atoms with Crippen molar-refractivity contribution in [3.63, 3.8) is 0 Å². The van der Waals surface area contributed by atoms with Gasteiger partial charge in [0.15, 0.2) is 10.0 Å². The molecule has 2 heterocycles. The van der Waals surface area contributed by atoms with Gasteiger partial charge in [-0.25, -0.2) is 9.97 Å². The highest BCUT2D eigenvalue weighted by Gasteiger charge is 2.07. The molecule has 0 saturated carbocycles. The third kappa shape index (κ3) is 2.39. The molecule has 2 rings (SSSR count). The smallest absolute Gasteiger partial charge is 0.285 e. The van der Waals surface area contributed by atoms with Crippen molar-refractivity contribution in [2.45, 2.75) is 0 Å². The number of imidazole rings is 1. The highest BCUT2D eigenvalue weighted by Crippen LogP contribution is 2.07. The minimum atomic E-state index is 0. The third-order valence-corrected chi connectivity index (χ3v) is 2.34. The van der Waals surface area contributed by atoms with Crippen molar-refractivity contribution in [1.82, 2.24) is 9.55 Å². The zero-order chi connectivity index (χ0) is 8.39. The maximum Gasteiger partial charge on any atom is 0.285 e. The first-order valence-electron chi connectivity index (χ1n) is 3.53. The summed E-state index contributed by atoms with van der Waals surface area (Å²) in [5.41, 5.74) is 0. The fraction of sp³-hybridized carbons (Fsp3) is 0. The molecule has 0 atom stereocenters. The molecule has 0 saturated heterocycles. The van der Waals surface area contributed by atoms with Gasteiger partial charge in [0.25, 0.3) is 5.82 Å². The van der Waals surface area contributed by atoms with Crippen molar-refractivity contribution in [1.29, 1.82) is 0 Å². The van der Waals surface area contributed by atoms with Crippen molar-refractivity contribution in [3.05, 3.63) is 40.6 Å². The minimum absolute atomic E-state index is 0. The van der Waals surface area contributed by atoms with Crippen LogP contribution in [0.2, 0.25) is 0 Å². The van der Waals surface area contributed by atoms with Gasteiger partial charge in [0, 0.05) is 28.7 Å². The van der Waals surface area contributed by atoms with E-state index < -0.39 is 0 Å². The summed E-state index contributed by atoms with van der Waals surface area (Å²) >= 11 is 2.24. The van der Waals surface area contributed by atoms with E-state index in [1.165, 1.54) is 0 Å². The van der Waals surface area contributed by atoms with E-state index in [9.17, 15) is 0 Å². The Morgan fingerprint density at radius 3 is 2.77 bits per heavy atom. The summed E-state index contributed by atoms with van der Waals surface area (Å²) in [5.74, 6) is 1.03. The van der Waals surface area contributed by atoms with Crippen molar-refractivity contribution in [3.8, 4) is 5.82 Å². The van der Waals surface area contributed by atoms with E-state index in [0.29, 0.717) is 0 Å². The van der Waals surface area contributed by atoms with Crippen LogP contribution < -0.4 is 29.0 Å². The quantitative estimate of drug-likeness (QED) is 0.527. The van der Waals surface area contributed by atoms with E-state index in [0.717, 1.165) is 9.52 Å². The second-order valence-corrected chi connectivity index (χ2v) is 3.44. The predicted molar refractivity (Wildman–Crippen MR) is 52.8 cm³/mol. The van der Waals surface area contributed by atoms with E-state index in [2.05, 4.69) is 32.6 Å². The average molecular weight is 399 g/mol. The number of hydrogen-bond donors (Lipinski definition) is 0. The molecule has 0 bridgehead atoms. The van der Waals surface area contributed by atoms with Crippen LogP contribution >= 0.6 is 22.6 Å². The molecule has 68 valence electrons. The van der Waals surface area contributed by atoms with Gasteiger partial charge in [-0.05, 0) is 6.07 Å². The van der Waals surface area contributed by atoms with Crippen LogP contribution in [0.15, 0.2) is 36.9 Å². The monoisotopic (exact) mass is 399 g/mol. The Morgan fingerprint density at radius 1 is 1.38 bits per heavy atom. The molecule has 1 N–H and O–H groups in total. The van der Waals surface area contributed by atoms with Crippen LogP contribution in [0.25, 0.3) is 5.82 Å². The van der Waals surface area contributed by atoms with Crippen LogP contribution in [0.5, 0.6) is 0 Å². The van der Waals surface area contributed by atoms with E-state index in [1.54, 1.807) is 6.33 Å². The van der Waals surface area contributed by atoms with Crippen LogP contribution in [0.1, 0.15) is 0 Å². The summed E-state index contributed by atoms with van der Waals surface area (Å²) in [6.07, 6.45) is 5.50. The van der Waals surface area contributed by atoms with Crippen molar-refractivity contribution >= 4 is 22.6 Å². The maximum absolute atomic E-state index is 4.03. The second-order valence-electron chi connectivity index (χ2n) is 2.33. The van der Waals surface area contributed by atoms with Crippen molar-refractivity contribution in [2.24, 2.45) is 0 Å². The molecule has 0 aliphatic carbocycles. The average Bonchev–Trinajstić information content (AvgIpc) is 2.53. The summed E-state index contributed by atoms with van der Waals surface area (Å²) in [6, 6.07) is 5.94. The molecule has 0 fully saturated rings. The Labute approximate surface area is 107 Å². The van der Waals surface area contributed by atoms with Crippen LogP contribution in [0, 0.1) is 3.70 Å². The third-order valence-electron chi connectivity index (χ3n) is 1.55. The first-order chi connectivity index (χ1) is 5.88. The van der Waals surface area contributed by atoms with Gasteiger partial charge >= 0.3 is 0 Å². The molecule has 13 heavy (non-hydrogen) atoms. The molecule has 2 aromatic heterocycles. The van der Waals surface area contributed by atoms with E-state index in [1.807, 2.05) is 35.2 Å².